The smallest absolute Gasteiger partial charge is 0.0923 e. The summed E-state index contributed by atoms with van der Waals surface area (Å²) < 4.78 is 0. The van der Waals surface area contributed by atoms with Crippen molar-refractivity contribution in [2.75, 3.05) is 13.1 Å². The van der Waals surface area contributed by atoms with Gasteiger partial charge >= 0.3 is 0 Å². The van der Waals surface area contributed by atoms with Gasteiger partial charge in [0.05, 0.1) is 5.60 Å². The molecule has 2 fully saturated rings. The molecule has 2 aliphatic heterocycles. The van der Waals surface area contributed by atoms with Crippen molar-refractivity contribution >= 4 is 0 Å². The topological polar surface area (TPSA) is 23.5 Å². The van der Waals surface area contributed by atoms with E-state index in [9.17, 15) is 5.11 Å². The average Bonchev–Trinajstić information content (AvgIpc) is 2.86. The van der Waals surface area contributed by atoms with Gasteiger partial charge in [-0.3, -0.25) is 0 Å². The largest absolute Gasteiger partial charge is 0.385 e. The molecule has 0 bridgehead atoms. The van der Waals surface area contributed by atoms with Crippen LogP contribution in [-0.2, 0) is 12.0 Å². The fourth-order valence-corrected chi connectivity index (χ4v) is 3.81. The lowest BCUT2D eigenvalue weighted by atomic mass is 9.80. The van der Waals surface area contributed by atoms with E-state index in [1.54, 1.807) is 0 Å². The number of aryl methyl sites for hydroxylation is 1. The summed E-state index contributed by atoms with van der Waals surface area (Å²) in [5, 5.41) is 11.1. The monoisotopic (exact) mass is 259 g/mol. The second-order valence-electron chi connectivity index (χ2n) is 6.27. The Kier molecular flexibility index (Phi) is 3.64. The van der Waals surface area contributed by atoms with E-state index in [1.165, 1.54) is 24.9 Å². The first-order valence-electron chi connectivity index (χ1n) is 7.77. The van der Waals surface area contributed by atoms with Crippen molar-refractivity contribution in [2.45, 2.75) is 57.1 Å². The van der Waals surface area contributed by atoms with Crippen molar-refractivity contribution in [3.8, 4) is 0 Å². The van der Waals surface area contributed by atoms with Gasteiger partial charge in [-0.2, -0.15) is 0 Å². The molecule has 2 nitrogen and oxygen atoms in total. The quantitative estimate of drug-likeness (QED) is 0.901. The molecule has 1 aromatic rings. The van der Waals surface area contributed by atoms with Crippen LogP contribution in [0.5, 0.6) is 0 Å². The number of piperidine rings is 1. The fraction of sp³-hybridized carbons (Fsp3) is 0.647. The normalized spacial score (nSPS) is 31.4. The van der Waals surface area contributed by atoms with Crippen molar-refractivity contribution in [3.63, 3.8) is 0 Å². The fourth-order valence-electron chi connectivity index (χ4n) is 3.81. The van der Waals surface area contributed by atoms with E-state index in [0.717, 1.165) is 37.8 Å². The molecule has 1 aromatic carbocycles. The van der Waals surface area contributed by atoms with Crippen LogP contribution in [0.3, 0.4) is 0 Å². The van der Waals surface area contributed by atoms with Gasteiger partial charge in [0.1, 0.15) is 0 Å². The molecule has 0 radical (unpaired) electrons. The zero-order valence-corrected chi connectivity index (χ0v) is 11.9. The van der Waals surface area contributed by atoms with Crippen molar-refractivity contribution in [1.82, 2.24) is 4.90 Å². The molecular weight excluding hydrogens is 234 g/mol. The summed E-state index contributed by atoms with van der Waals surface area (Å²) in [4.78, 5) is 2.56. The highest BCUT2D eigenvalue weighted by Gasteiger charge is 2.41. The van der Waals surface area contributed by atoms with Gasteiger partial charge in [-0.15, -0.1) is 0 Å². The maximum Gasteiger partial charge on any atom is 0.0923 e. The molecular formula is C17H25NO. The number of rotatable bonds is 3. The van der Waals surface area contributed by atoms with Gasteiger partial charge in [-0.25, -0.2) is 0 Å². The molecule has 2 heterocycles. The van der Waals surface area contributed by atoms with E-state index in [0.29, 0.717) is 6.04 Å². The van der Waals surface area contributed by atoms with Crippen LogP contribution in [0.15, 0.2) is 24.3 Å². The lowest BCUT2D eigenvalue weighted by Crippen LogP contribution is -2.46. The zero-order chi connectivity index (χ0) is 13.3. The minimum atomic E-state index is -0.588. The van der Waals surface area contributed by atoms with Crippen molar-refractivity contribution in [1.29, 1.82) is 0 Å². The van der Waals surface area contributed by atoms with Crippen LogP contribution in [-0.4, -0.2) is 29.1 Å². The van der Waals surface area contributed by atoms with Gasteiger partial charge in [-0.1, -0.05) is 37.6 Å². The highest BCUT2D eigenvalue weighted by atomic mass is 16.3. The number of hydrogen-bond donors (Lipinski definition) is 1. The minimum absolute atomic E-state index is 0.588. The van der Waals surface area contributed by atoms with Crippen LogP contribution in [0.25, 0.3) is 0 Å². The molecule has 19 heavy (non-hydrogen) atoms. The summed E-state index contributed by atoms with van der Waals surface area (Å²) >= 11 is 0. The Hall–Kier alpha value is -0.860. The number of benzene rings is 1. The van der Waals surface area contributed by atoms with E-state index in [4.69, 9.17) is 0 Å². The molecule has 2 aliphatic rings. The SMILES string of the molecule is CCCc1cccc(C2(O)CCN3CCCC3C2)c1. The summed E-state index contributed by atoms with van der Waals surface area (Å²) in [6, 6.07) is 9.24. The van der Waals surface area contributed by atoms with Gasteiger partial charge in [0, 0.05) is 12.6 Å². The maximum atomic E-state index is 11.1. The van der Waals surface area contributed by atoms with E-state index < -0.39 is 5.60 Å². The Bertz CT molecular complexity index is 445. The number of fused-ring (bicyclic) bond motifs is 1. The molecule has 2 atom stereocenters. The molecule has 2 heteroatoms. The molecule has 1 N–H and O–H groups in total. The first-order chi connectivity index (χ1) is 9.21. The molecule has 104 valence electrons. The van der Waals surface area contributed by atoms with Gasteiger partial charge in [-0.05, 0) is 49.8 Å². The summed E-state index contributed by atoms with van der Waals surface area (Å²) in [7, 11) is 0. The van der Waals surface area contributed by atoms with Gasteiger partial charge in [0.25, 0.3) is 0 Å². The van der Waals surface area contributed by atoms with E-state index in [2.05, 4.69) is 36.1 Å². The van der Waals surface area contributed by atoms with Crippen LogP contribution >= 0.6 is 0 Å². The van der Waals surface area contributed by atoms with Crippen molar-refractivity contribution in [2.24, 2.45) is 0 Å². The first-order valence-corrected chi connectivity index (χ1v) is 7.77. The molecule has 0 saturated carbocycles. The Balaban J connectivity index is 1.81. The van der Waals surface area contributed by atoms with E-state index >= 15 is 0 Å². The summed E-state index contributed by atoms with van der Waals surface area (Å²) in [5.74, 6) is 0. The molecule has 0 amide bonds. The van der Waals surface area contributed by atoms with Crippen LogP contribution in [0.1, 0.15) is 50.2 Å². The third kappa shape index (κ3) is 2.56. The molecule has 3 rings (SSSR count). The molecule has 0 spiro atoms. The number of aliphatic hydroxyl groups is 1. The summed E-state index contributed by atoms with van der Waals surface area (Å²) in [6.07, 6.45) is 6.65. The molecule has 2 unspecified atom stereocenters. The highest BCUT2D eigenvalue weighted by Crippen LogP contribution is 2.39. The Labute approximate surface area is 116 Å². The van der Waals surface area contributed by atoms with Crippen LogP contribution in [0, 0.1) is 0 Å². The molecule has 0 aliphatic carbocycles. The number of nitrogens with zero attached hydrogens (tertiary/aromatic N) is 1. The lowest BCUT2D eigenvalue weighted by molar-refractivity contribution is -0.0409. The van der Waals surface area contributed by atoms with Gasteiger partial charge in [0.2, 0.25) is 0 Å². The van der Waals surface area contributed by atoms with Crippen molar-refractivity contribution in [3.05, 3.63) is 35.4 Å². The third-order valence-corrected chi connectivity index (χ3v) is 4.89. The van der Waals surface area contributed by atoms with E-state index in [1.807, 2.05) is 0 Å². The molecule has 2 saturated heterocycles. The lowest BCUT2D eigenvalue weighted by Gasteiger charge is -2.41. The van der Waals surface area contributed by atoms with Crippen LogP contribution in [0.4, 0.5) is 0 Å². The zero-order valence-electron chi connectivity index (χ0n) is 11.9. The van der Waals surface area contributed by atoms with Crippen LogP contribution < -0.4 is 0 Å². The average molecular weight is 259 g/mol. The third-order valence-electron chi connectivity index (χ3n) is 4.89. The standard InChI is InChI=1S/C17H25NO/c1-2-5-14-6-3-7-15(12-14)17(19)9-11-18-10-4-8-16(18)13-17/h3,6-7,12,16,19H,2,4-5,8-11,13H2,1H3. The Morgan fingerprint density at radius 1 is 1.37 bits per heavy atom. The first kappa shape index (κ1) is 13.1. The minimum Gasteiger partial charge on any atom is -0.385 e. The predicted molar refractivity (Wildman–Crippen MR) is 78.2 cm³/mol. The predicted octanol–water partition coefficient (Wildman–Crippen LogP) is 3.08. The van der Waals surface area contributed by atoms with E-state index in [-0.39, 0.29) is 0 Å². The second kappa shape index (κ2) is 5.26. The van der Waals surface area contributed by atoms with Crippen LogP contribution in [0.2, 0.25) is 0 Å². The van der Waals surface area contributed by atoms with Gasteiger partial charge in [0.15, 0.2) is 0 Å². The highest BCUT2D eigenvalue weighted by molar-refractivity contribution is 5.29. The Morgan fingerprint density at radius 3 is 3.11 bits per heavy atom. The summed E-state index contributed by atoms with van der Waals surface area (Å²) in [5.41, 5.74) is 1.92. The maximum absolute atomic E-state index is 11.1. The second-order valence-corrected chi connectivity index (χ2v) is 6.27. The number of hydrogen-bond acceptors (Lipinski definition) is 2. The van der Waals surface area contributed by atoms with Gasteiger partial charge < -0.3 is 10.0 Å². The van der Waals surface area contributed by atoms with Crippen molar-refractivity contribution < 1.29 is 5.11 Å². The molecule has 0 aromatic heterocycles. The Morgan fingerprint density at radius 2 is 2.26 bits per heavy atom. The summed E-state index contributed by atoms with van der Waals surface area (Å²) in [6.45, 7) is 4.49.